The number of hydrogen-bond acceptors (Lipinski definition) is 3. The maximum atomic E-state index is 10.8. The Labute approximate surface area is 101 Å². The van der Waals surface area contributed by atoms with Gasteiger partial charge in [0.25, 0.3) is 0 Å². The summed E-state index contributed by atoms with van der Waals surface area (Å²) in [5.41, 5.74) is 0. The van der Waals surface area contributed by atoms with Crippen molar-refractivity contribution in [2.75, 3.05) is 13.7 Å². The Balaban J connectivity index is 2.96. The third-order valence-corrected chi connectivity index (χ3v) is 3.29. The monoisotopic (exact) mass is 249 g/mol. The zero-order valence-electron chi connectivity index (χ0n) is 10.7. The molecule has 96 valence electrons. The summed E-state index contributed by atoms with van der Waals surface area (Å²) in [6, 6.07) is 0. The Morgan fingerprint density at radius 1 is 0.875 bits per heavy atom. The molecule has 3 nitrogen and oxygen atoms in total. The summed E-state index contributed by atoms with van der Waals surface area (Å²) in [4.78, 5) is 0. The number of hydrogen-bond donors (Lipinski definition) is 0. The average Bonchev–Trinajstić information content (AvgIpc) is 2.31. The molecule has 0 N–H and O–H groups in total. The lowest BCUT2D eigenvalue weighted by atomic mass is 10.1. The minimum atomic E-state index is -1.86. The van der Waals surface area contributed by atoms with Crippen LogP contribution >= 0.6 is 8.25 Å². The Morgan fingerprint density at radius 2 is 1.38 bits per heavy atom. The van der Waals surface area contributed by atoms with Crippen LogP contribution < -0.4 is 0 Å². The van der Waals surface area contributed by atoms with Gasteiger partial charge < -0.3 is 0 Å². The van der Waals surface area contributed by atoms with Gasteiger partial charge in [0, 0.05) is 4.57 Å². The quantitative estimate of drug-likeness (QED) is 0.367. The highest BCUT2D eigenvalue weighted by Gasteiger charge is 2.15. The van der Waals surface area contributed by atoms with Crippen molar-refractivity contribution in [3.63, 3.8) is 0 Å². The average molecular weight is 249 g/mol. The smallest absolute Gasteiger partial charge is 0.122 e. The van der Waals surface area contributed by atoms with Crippen molar-refractivity contribution in [1.82, 2.24) is 0 Å². The number of unbranched alkanes of at least 4 members (excludes halogenated alkanes) is 8. The Kier molecular flexibility index (Phi) is 13.1. The first-order valence-corrected chi connectivity index (χ1v) is 7.55. The van der Waals surface area contributed by atoms with Crippen molar-refractivity contribution in [2.24, 2.45) is 0 Å². The molecule has 0 fully saturated rings. The van der Waals surface area contributed by atoms with Crippen LogP contribution in [0.3, 0.4) is 0 Å². The third-order valence-electron chi connectivity index (χ3n) is 2.59. The molecule has 16 heavy (non-hydrogen) atoms. The summed E-state index contributed by atoms with van der Waals surface area (Å²) >= 11 is 0. The van der Waals surface area contributed by atoms with Crippen molar-refractivity contribution >= 4 is 8.25 Å². The van der Waals surface area contributed by atoms with Gasteiger partial charge in [-0.1, -0.05) is 58.3 Å². The zero-order valence-corrected chi connectivity index (χ0v) is 11.6. The second kappa shape index (κ2) is 13.1. The second-order valence-corrected chi connectivity index (χ2v) is 5.14. The molecule has 0 radical (unpaired) electrons. The maximum Gasteiger partial charge on any atom is 0.697 e. The summed E-state index contributed by atoms with van der Waals surface area (Å²) in [5.74, 6) is 0. The van der Waals surface area contributed by atoms with E-state index < -0.39 is 8.25 Å². The minimum absolute atomic E-state index is 0.554. The number of rotatable bonds is 12. The molecule has 4 heteroatoms. The molecule has 0 rings (SSSR count). The summed E-state index contributed by atoms with van der Waals surface area (Å²) in [5, 5.41) is 0. The molecule has 0 amide bonds. The van der Waals surface area contributed by atoms with Gasteiger partial charge in [-0.3, -0.25) is 0 Å². The summed E-state index contributed by atoms with van der Waals surface area (Å²) < 4.78 is 20.2. The molecule has 0 aliphatic rings. The van der Waals surface area contributed by atoms with Crippen molar-refractivity contribution in [2.45, 2.75) is 64.7 Å². The van der Waals surface area contributed by atoms with E-state index in [2.05, 4.69) is 11.4 Å². The van der Waals surface area contributed by atoms with E-state index >= 15 is 0 Å². The summed E-state index contributed by atoms with van der Waals surface area (Å²) in [7, 11) is -0.465. The molecule has 0 saturated carbocycles. The Morgan fingerprint density at radius 3 is 1.88 bits per heavy atom. The predicted octanol–water partition coefficient (Wildman–Crippen LogP) is 4.84. The lowest BCUT2D eigenvalue weighted by molar-refractivity contribution is 0.250. The molecule has 0 aliphatic carbocycles. The molecule has 0 aliphatic heterocycles. The van der Waals surface area contributed by atoms with Crippen LogP contribution in [0.5, 0.6) is 0 Å². The summed E-state index contributed by atoms with van der Waals surface area (Å²) in [6.07, 6.45) is 11.5. The van der Waals surface area contributed by atoms with Gasteiger partial charge in [0.05, 0.1) is 7.11 Å². The van der Waals surface area contributed by atoms with Crippen LogP contribution in [-0.2, 0) is 13.6 Å². The lowest BCUT2D eigenvalue weighted by Gasteiger charge is -2.00. The normalized spacial score (nSPS) is 11.8. The van der Waals surface area contributed by atoms with Gasteiger partial charge in [-0.15, -0.1) is 9.05 Å². The van der Waals surface area contributed by atoms with E-state index in [1.807, 2.05) is 0 Å². The minimum Gasteiger partial charge on any atom is -0.122 e. The zero-order chi connectivity index (χ0) is 12.1. The highest BCUT2D eigenvalue weighted by molar-refractivity contribution is 7.33. The Hall–Kier alpha value is 0.0200. The predicted molar refractivity (Wildman–Crippen MR) is 67.8 cm³/mol. The van der Waals surface area contributed by atoms with E-state index in [0.717, 1.165) is 6.42 Å². The Bertz CT molecular complexity index is 162. The van der Waals surface area contributed by atoms with Gasteiger partial charge in [0.1, 0.15) is 6.61 Å². The van der Waals surface area contributed by atoms with E-state index in [9.17, 15) is 4.57 Å². The van der Waals surface area contributed by atoms with Crippen LogP contribution in [0.25, 0.3) is 0 Å². The first-order valence-electron chi connectivity index (χ1n) is 6.45. The van der Waals surface area contributed by atoms with E-state index in [-0.39, 0.29) is 0 Å². The van der Waals surface area contributed by atoms with Gasteiger partial charge in [0.15, 0.2) is 0 Å². The molecule has 0 aromatic heterocycles. The molecule has 0 spiro atoms. The van der Waals surface area contributed by atoms with Crippen LogP contribution in [0.4, 0.5) is 0 Å². The van der Waals surface area contributed by atoms with E-state index in [1.165, 1.54) is 58.5 Å². The summed E-state index contributed by atoms with van der Waals surface area (Å²) in [6.45, 7) is 2.80. The molecule has 1 atom stereocenters. The SMILES string of the molecule is CCCCCCCCCCCO[P+](=O)OC. The van der Waals surface area contributed by atoms with E-state index in [0.29, 0.717) is 6.61 Å². The van der Waals surface area contributed by atoms with Crippen molar-refractivity contribution in [3.05, 3.63) is 0 Å². The van der Waals surface area contributed by atoms with E-state index in [1.54, 1.807) is 0 Å². The third kappa shape index (κ3) is 12.1. The molecular formula is C12H26O3P+. The van der Waals surface area contributed by atoms with Crippen molar-refractivity contribution in [1.29, 1.82) is 0 Å². The molecule has 0 saturated heterocycles. The fourth-order valence-electron chi connectivity index (χ4n) is 1.60. The van der Waals surface area contributed by atoms with Crippen LogP contribution in [-0.4, -0.2) is 13.7 Å². The van der Waals surface area contributed by atoms with Crippen molar-refractivity contribution in [3.8, 4) is 0 Å². The lowest BCUT2D eigenvalue weighted by Crippen LogP contribution is -1.88. The first kappa shape index (κ1) is 16.0. The molecule has 0 aromatic rings. The first-order chi connectivity index (χ1) is 7.81. The fourth-order valence-corrected chi connectivity index (χ4v) is 1.99. The standard InChI is InChI=1S/C12H26O3P/c1-3-4-5-6-7-8-9-10-11-12-15-16(13)14-2/h3-12H2,1-2H3/q+1. The molecule has 0 bridgehead atoms. The van der Waals surface area contributed by atoms with Crippen LogP contribution in [0.2, 0.25) is 0 Å². The topological polar surface area (TPSA) is 35.5 Å². The van der Waals surface area contributed by atoms with Gasteiger partial charge in [0.2, 0.25) is 0 Å². The van der Waals surface area contributed by atoms with E-state index in [4.69, 9.17) is 4.52 Å². The molecular weight excluding hydrogens is 223 g/mol. The maximum absolute atomic E-state index is 10.8. The fraction of sp³-hybridized carbons (Fsp3) is 1.00. The van der Waals surface area contributed by atoms with Crippen LogP contribution in [0, 0.1) is 0 Å². The highest BCUT2D eigenvalue weighted by atomic mass is 31.1. The van der Waals surface area contributed by atoms with Crippen LogP contribution in [0.15, 0.2) is 0 Å². The van der Waals surface area contributed by atoms with Crippen molar-refractivity contribution < 1.29 is 13.6 Å². The largest absolute Gasteiger partial charge is 0.697 e. The molecule has 1 unspecified atom stereocenters. The van der Waals surface area contributed by atoms with Gasteiger partial charge >= 0.3 is 8.25 Å². The second-order valence-electron chi connectivity index (χ2n) is 4.07. The molecule has 0 aromatic carbocycles. The van der Waals surface area contributed by atoms with Gasteiger partial charge in [-0.2, -0.15) is 0 Å². The van der Waals surface area contributed by atoms with Gasteiger partial charge in [-0.25, -0.2) is 0 Å². The molecule has 0 heterocycles. The van der Waals surface area contributed by atoms with Crippen LogP contribution in [0.1, 0.15) is 64.7 Å². The highest BCUT2D eigenvalue weighted by Crippen LogP contribution is 2.22. The van der Waals surface area contributed by atoms with Gasteiger partial charge in [-0.05, 0) is 6.42 Å².